The van der Waals surface area contributed by atoms with Crippen molar-refractivity contribution in [3.63, 3.8) is 0 Å². The normalized spacial score (nSPS) is 19.4. The molecule has 2 heterocycles. The fraction of sp³-hybridized carbons (Fsp3) is 0.625. The van der Waals surface area contributed by atoms with Gasteiger partial charge in [0.15, 0.2) is 5.82 Å². The maximum atomic E-state index is 11.6. The molecule has 1 aliphatic heterocycles. The Morgan fingerprint density at radius 2 is 2.00 bits per heavy atom. The van der Waals surface area contributed by atoms with Gasteiger partial charge in [-0.2, -0.15) is 5.21 Å². The average molecular weight is 209 g/mol. The molecular weight excluding hydrogens is 198 g/mol. The molecule has 2 amide bonds. The van der Waals surface area contributed by atoms with Crippen LogP contribution in [-0.2, 0) is 9.59 Å². The number of aromatic amines is 1. The first kappa shape index (κ1) is 9.75. The Bertz CT molecular complexity index is 358. The lowest BCUT2D eigenvalue weighted by Gasteiger charge is -2.28. The Morgan fingerprint density at radius 1 is 1.33 bits per heavy atom. The van der Waals surface area contributed by atoms with Gasteiger partial charge in [0, 0.05) is 12.8 Å². The second-order valence-corrected chi connectivity index (χ2v) is 3.46. The van der Waals surface area contributed by atoms with Crippen molar-refractivity contribution in [2.45, 2.75) is 32.2 Å². The molecule has 1 unspecified atom stereocenters. The molecule has 0 aromatic carbocycles. The van der Waals surface area contributed by atoms with Crippen LogP contribution in [0.4, 0.5) is 0 Å². The van der Waals surface area contributed by atoms with E-state index in [1.165, 1.54) is 4.90 Å². The van der Waals surface area contributed by atoms with Crippen molar-refractivity contribution >= 4 is 11.8 Å². The number of aromatic nitrogens is 4. The minimum atomic E-state index is -0.441. The fourth-order valence-corrected chi connectivity index (χ4v) is 1.66. The zero-order chi connectivity index (χ0) is 10.8. The van der Waals surface area contributed by atoms with Crippen LogP contribution in [0.25, 0.3) is 0 Å². The predicted molar refractivity (Wildman–Crippen MR) is 48.3 cm³/mol. The van der Waals surface area contributed by atoms with E-state index in [0.717, 1.165) is 0 Å². The largest absolute Gasteiger partial charge is 0.274 e. The van der Waals surface area contributed by atoms with Crippen LogP contribution in [0.3, 0.4) is 0 Å². The number of amides is 2. The molecule has 0 spiro atoms. The topological polar surface area (TPSA) is 91.8 Å². The number of rotatable bonds is 2. The third-order valence-electron chi connectivity index (χ3n) is 2.44. The molecule has 1 atom stereocenters. The maximum Gasteiger partial charge on any atom is 0.229 e. The first-order valence-electron chi connectivity index (χ1n) is 4.78. The summed E-state index contributed by atoms with van der Waals surface area (Å²) in [5.41, 5.74) is 0. The van der Waals surface area contributed by atoms with Crippen LogP contribution < -0.4 is 0 Å². The molecule has 15 heavy (non-hydrogen) atoms. The molecule has 1 saturated heterocycles. The van der Waals surface area contributed by atoms with Crippen LogP contribution in [0.2, 0.25) is 0 Å². The molecule has 1 fully saturated rings. The Morgan fingerprint density at radius 3 is 2.53 bits per heavy atom. The molecule has 7 nitrogen and oxygen atoms in total. The highest BCUT2D eigenvalue weighted by atomic mass is 16.2. The van der Waals surface area contributed by atoms with Gasteiger partial charge in [0.05, 0.1) is 0 Å². The number of H-pyrrole nitrogens is 1. The van der Waals surface area contributed by atoms with Crippen LogP contribution in [0.15, 0.2) is 0 Å². The van der Waals surface area contributed by atoms with Crippen LogP contribution in [0, 0.1) is 0 Å². The number of hydrogen-bond acceptors (Lipinski definition) is 5. The molecule has 80 valence electrons. The zero-order valence-electron chi connectivity index (χ0n) is 8.30. The van der Waals surface area contributed by atoms with Gasteiger partial charge < -0.3 is 0 Å². The van der Waals surface area contributed by atoms with Gasteiger partial charge in [-0.15, -0.1) is 10.2 Å². The summed E-state index contributed by atoms with van der Waals surface area (Å²) in [4.78, 5) is 24.3. The minimum Gasteiger partial charge on any atom is -0.274 e. The molecule has 1 aromatic rings. The molecule has 1 aromatic heterocycles. The lowest BCUT2D eigenvalue weighted by atomic mass is 10.1. The van der Waals surface area contributed by atoms with Gasteiger partial charge in [-0.3, -0.25) is 14.5 Å². The van der Waals surface area contributed by atoms with Crippen molar-refractivity contribution in [2.75, 3.05) is 0 Å². The van der Waals surface area contributed by atoms with Gasteiger partial charge >= 0.3 is 0 Å². The predicted octanol–water partition coefficient (Wildman–Crippen LogP) is -0.200. The highest BCUT2D eigenvalue weighted by Gasteiger charge is 2.32. The van der Waals surface area contributed by atoms with E-state index in [2.05, 4.69) is 20.6 Å². The Hall–Kier alpha value is -1.79. The third-order valence-corrected chi connectivity index (χ3v) is 2.44. The number of piperidine rings is 1. The van der Waals surface area contributed by atoms with Gasteiger partial charge in [0.2, 0.25) is 11.8 Å². The van der Waals surface area contributed by atoms with Crippen molar-refractivity contribution in [1.29, 1.82) is 0 Å². The first-order chi connectivity index (χ1) is 7.20. The van der Waals surface area contributed by atoms with E-state index >= 15 is 0 Å². The van der Waals surface area contributed by atoms with Crippen molar-refractivity contribution in [3.05, 3.63) is 5.82 Å². The van der Waals surface area contributed by atoms with Crippen molar-refractivity contribution in [3.8, 4) is 0 Å². The summed E-state index contributed by atoms with van der Waals surface area (Å²) in [6.07, 6.45) is 1.45. The molecule has 2 rings (SSSR count). The molecule has 1 aliphatic rings. The molecule has 7 heteroatoms. The van der Waals surface area contributed by atoms with E-state index in [-0.39, 0.29) is 11.8 Å². The first-order valence-corrected chi connectivity index (χ1v) is 4.78. The monoisotopic (exact) mass is 209 g/mol. The van der Waals surface area contributed by atoms with Crippen molar-refractivity contribution in [1.82, 2.24) is 25.5 Å². The fourth-order valence-electron chi connectivity index (χ4n) is 1.66. The molecule has 0 saturated carbocycles. The van der Waals surface area contributed by atoms with Crippen LogP contribution in [-0.4, -0.2) is 37.3 Å². The molecule has 0 radical (unpaired) electrons. The van der Waals surface area contributed by atoms with E-state index in [1.54, 1.807) is 6.92 Å². The number of imide groups is 1. The van der Waals surface area contributed by atoms with Gasteiger partial charge in [0.1, 0.15) is 6.04 Å². The number of tetrazole rings is 1. The third kappa shape index (κ3) is 1.72. The number of carbonyl (C=O) groups is 2. The van der Waals surface area contributed by atoms with E-state index in [9.17, 15) is 9.59 Å². The quantitative estimate of drug-likeness (QED) is 0.681. The summed E-state index contributed by atoms with van der Waals surface area (Å²) in [5.74, 6) is 0.0331. The number of likely N-dealkylation sites (tertiary alicyclic amines) is 1. The Balaban J connectivity index is 2.21. The van der Waals surface area contributed by atoms with Crippen molar-refractivity contribution < 1.29 is 9.59 Å². The Labute approximate surface area is 85.8 Å². The van der Waals surface area contributed by atoms with E-state index < -0.39 is 6.04 Å². The van der Waals surface area contributed by atoms with Gasteiger partial charge in [0.25, 0.3) is 0 Å². The summed E-state index contributed by atoms with van der Waals surface area (Å²) >= 11 is 0. The number of carbonyl (C=O) groups excluding carboxylic acids is 2. The highest BCUT2D eigenvalue weighted by molar-refractivity contribution is 5.97. The van der Waals surface area contributed by atoms with Crippen LogP contribution in [0.1, 0.15) is 38.1 Å². The molecular formula is C8H11N5O2. The molecule has 0 aliphatic carbocycles. The smallest absolute Gasteiger partial charge is 0.229 e. The van der Waals surface area contributed by atoms with Gasteiger partial charge in [-0.1, -0.05) is 5.21 Å². The summed E-state index contributed by atoms with van der Waals surface area (Å²) in [5, 5.41) is 13.2. The number of nitrogens with one attached hydrogen (secondary N) is 1. The SMILES string of the molecule is CC(c1nn[nH]n1)N1C(=O)CCCC1=O. The zero-order valence-corrected chi connectivity index (χ0v) is 8.30. The standard InChI is InChI=1S/C8H11N5O2/c1-5(8-9-11-12-10-8)13-6(14)3-2-4-7(13)15/h5H,2-4H2,1H3,(H,9,10,11,12). The van der Waals surface area contributed by atoms with Crippen LogP contribution in [0.5, 0.6) is 0 Å². The van der Waals surface area contributed by atoms with Crippen LogP contribution >= 0.6 is 0 Å². The summed E-state index contributed by atoms with van der Waals surface area (Å²) < 4.78 is 0. The number of hydrogen-bond donors (Lipinski definition) is 1. The summed E-state index contributed by atoms with van der Waals surface area (Å²) in [6.45, 7) is 1.71. The van der Waals surface area contributed by atoms with E-state index in [0.29, 0.717) is 25.1 Å². The average Bonchev–Trinajstić information content (AvgIpc) is 2.69. The van der Waals surface area contributed by atoms with E-state index in [1.807, 2.05) is 0 Å². The summed E-state index contributed by atoms with van der Waals surface area (Å²) in [7, 11) is 0. The lowest BCUT2D eigenvalue weighted by molar-refractivity contribution is -0.150. The number of nitrogens with zero attached hydrogens (tertiary/aromatic N) is 4. The second-order valence-electron chi connectivity index (χ2n) is 3.46. The lowest BCUT2D eigenvalue weighted by Crippen LogP contribution is -2.42. The molecule has 0 bridgehead atoms. The second kappa shape index (κ2) is 3.76. The summed E-state index contributed by atoms with van der Waals surface area (Å²) in [6, 6.07) is -0.441. The Kier molecular flexibility index (Phi) is 2.44. The minimum absolute atomic E-state index is 0.163. The van der Waals surface area contributed by atoms with Gasteiger partial charge in [-0.25, -0.2) is 0 Å². The van der Waals surface area contributed by atoms with Gasteiger partial charge in [-0.05, 0) is 13.3 Å². The molecule has 1 N–H and O–H groups in total. The van der Waals surface area contributed by atoms with Crippen molar-refractivity contribution in [2.24, 2.45) is 0 Å². The highest BCUT2D eigenvalue weighted by Crippen LogP contribution is 2.22. The van der Waals surface area contributed by atoms with E-state index in [4.69, 9.17) is 0 Å². The maximum absolute atomic E-state index is 11.6.